The van der Waals surface area contributed by atoms with Gasteiger partial charge in [-0.15, -0.1) is 0 Å². The SMILES string of the molecule is CC[C@H]1Cc2cc(OCC(C)(C)CO)c(OC)cc2-c2cc(=O)c(C(=O)O)cn21. The van der Waals surface area contributed by atoms with Crippen LogP contribution in [0.5, 0.6) is 11.5 Å². The van der Waals surface area contributed by atoms with E-state index in [4.69, 9.17) is 9.47 Å². The van der Waals surface area contributed by atoms with Crippen molar-refractivity contribution in [2.75, 3.05) is 20.3 Å². The summed E-state index contributed by atoms with van der Waals surface area (Å²) in [6.45, 7) is 6.18. The van der Waals surface area contributed by atoms with Gasteiger partial charge >= 0.3 is 5.97 Å². The number of aromatic nitrogens is 1. The maximum absolute atomic E-state index is 12.3. The Bertz CT molecular complexity index is 992. The Morgan fingerprint density at radius 3 is 2.59 bits per heavy atom. The molecule has 0 radical (unpaired) electrons. The zero-order valence-electron chi connectivity index (χ0n) is 17.2. The topological polar surface area (TPSA) is 98.0 Å². The highest BCUT2D eigenvalue weighted by Gasteiger charge is 2.27. The van der Waals surface area contributed by atoms with E-state index in [2.05, 4.69) is 0 Å². The van der Waals surface area contributed by atoms with Crippen LogP contribution in [-0.2, 0) is 6.42 Å². The van der Waals surface area contributed by atoms with E-state index in [9.17, 15) is 19.8 Å². The van der Waals surface area contributed by atoms with Gasteiger partial charge in [0.25, 0.3) is 0 Å². The number of carbonyl (C=O) groups is 1. The molecule has 0 aliphatic carbocycles. The molecule has 7 nitrogen and oxygen atoms in total. The fraction of sp³-hybridized carbons (Fsp3) is 0.455. The Balaban J connectivity index is 2.11. The van der Waals surface area contributed by atoms with E-state index in [0.29, 0.717) is 30.2 Å². The summed E-state index contributed by atoms with van der Waals surface area (Å²) in [4.78, 5) is 23.7. The van der Waals surface area contributed by atoms with Crippen LogP contribution in [0.2, 0.25) is 0 Å². The van der Waals surface area contributed by atoms with Crippen LogP contribution in [0.4, 0.5) is 0 Å². The number of carboxylic acid groups (broad SMARTS) is 1. The van der Waals surface area contributed by atoms with E-state index >= 15 is 0 Å². The summed E-state index contributed by atoms with van der Waals surface area (Å²) in [6.07, 6.45) is 2.91. The lowest BCUT2D eigenvalue weighted by Crippen LogP contribution is -2.26. The van der Waals surface area contributed by atoms with E-state index in [-0.39, 0.29) is 23.6 Å². The Kier molecular flexibility index (Phi) is 5.71. The normalized spacial score (nSPS) is 15.4. The number of aliphatic hydroxyl groups excluding tert-OH is 1. The molecule has 2 aromatic rings. The maximum Gasteiger partial charge on any atom is 0.341 e. The number of nitrogens with zero attached hydrogens (tertiary/aromatic N) is 1. The molecule has 0 saturated carbocycles. The number of benzene rings is 1. The molecule has 0 amide bonds. The number of ether oxygens (including phenoxy) is 2. The summed E-state index contributed by atoms with van der Waals surface area (Å²) in [5.74, 6) is -0.117. The number of fused-ring (bicyclic) bond motifs is 3. The number of hydrogen-bond donors (Lipinski definition) is 2. The number of aliphatic hydroxyl groups is 1. The summed E-state index contributed by atoms with van der Waals surface area (Å²) < 4.78 is 13.3. The van der Waals surface area contributed by atoms with Crippen LogP contribution in [0.1, 0.15) is 49.2 Å². The van der Waals surface area contributed by atoms with Crippen molar-refractivity contribution < 1.29 is 24.5 Å². The van der Waals surface area contributed by atoms with Crippen LogP contribution in [0.3, 0.4) is 0 Å². The van der Waals surface area contributed by atoms with Gasteiger partial charge in [0.1, 0.15) is 5.56 Å². The van der Waals surface area contributed by atoms with Crippen molar-refractivity contribution in [1.82, 2.24) is 4.57 Å². The first-order valence-electron chi connectivity index (χ1n) is 9.65. The molecule has 7 heteroatoms. The highest BCUT2D eigenvalue weighted by Crippen LogP contribution is 2.42. The molecule has 0 fully saturated rings. The van der Waals surface area contributed by atoms with Crippen LogP contribution in [0.25, 0.3) is 11.3 Å². The highest BCUT2D eigenvalue weighted by atomic mass is 16.5. The van der Waals surface area contributed by atoms with Gasteiger partial charge in [-0.05, 0) is 30.5 Å². The molecule has 1 aromatic carbocycles. The first kappa shape index (κ1) is 20.9. The molecule has 0 saturated heterocycles. The molecule has 2 N–H and O–H groups in total. The second-order valence-corrected chi connectivity index (χ2v) is 8.19. The fourth-order valence-electron chi connectivity index (χ4n) is 3.52. The summed E-state index contributed by atoms with van der Waals surface area (Å²) >= 11 is 0. The third kappa shape index (κ3) is 4.00. The van der Waals surface area contributed by atoms with Crippen LogP contribution < -0.4 is 14.9 Å². The molecule has 1 aliphatic heterocycles. The molecule has 156 valence electrons. The number of pyridine rings is 1. The van der Waals surface area contributed by atoms with Crippen molar-refractivity contribution in [3.63, 3.8) is 0 Å². The molecule has 1 aliphatic rings. The zero-order chi connectivity index (χ0) is 21.3. The van der Waals surface area contributed by atoms with Crippen LogP contribution in [0, 0.1) is 5.41 Å². The summed E-state index contributed by atoms with van der Waals surface area (Å²) in [5.41, 5.74) is 1.38. The average molecular weight is 401 g/mol. The monoisotopic (exact) mass is 401 g/mol. The van der Waals surface area contributed by atoms with E-state index in [1.54, 1.807) is 7.11 Å². The fourth-order valence-corrected chi connectivity index (χ4v) is 3.52. The molecular weight excluding hydrogens is 374 g/mol. The summed E-state index contributed by atoms with van der Waals surface area (Å²) in [7, 11) is 1.55. The molecule has 1 aromatic heterocycles. The standard InChI is InChI=1S/C22H27NO6/c1-5-14-6-13-7-20(29-12-22(2,3)11-24)19(28-4)8-15(13)17-9-18(25)16(21(26)27)10-23(14)17/h7-10,14,24H,5-6,11-12H2,1-4H3,(H,26,27)/t14-/m0/s1. The predicted molar refractivity (Wildman–Crippen MR) is 109 cm³/mol. The van der Waals surface area contributed by atoms with Crippen molar-refractivity contribution in [3.05, 3.63) is 45.7 Å². The molecule has 29 heavy (non-hydrogen) atoms. The van der Waals surface area contributed by atoms with Crippen molar-refractivity contribution in [2.24, 2.45) is 5.41 Å². The molecule has 3 rings (SSSR count). The number of methoxy groups -OCH3 is 1. The molecule has 0 spiro atoms. The number of carboxylic acids is 1. The van der Waals surface area contributed by atoms with Crippen molar-refractivity contribution in [2.45, 2.75) is 39.7 Å². The quantitative estimate of drug-likeness (QED) is 0.740. The number of aromatic carboxylic acids is 1. The van der Waals surface area contributed by atoms with Crippen LogP contribution in [0.15, 0.2) is 29.2 Å². The van der Waals surface area contributed by atoms with E-state index in [1.165, 1.54) is 12.3 Å². The summed E-state index contributed by atoms with van der Waals surface area (Å²) in [5, 5.41) is 18.8. The predicted octanol–water partition coefficient (Wildman–Crippen LogP) is 3.13. The second kappa shape index (κ2) is 7.91. The first-order chi connectivity index (χ1) is 13.7. The molecular formula is C22H27NO6. The first-order valence-corrected chi connectivity index (χ1v) is 9.65. The highest BCUT2D eigenvalue weighted by molar-refractivity contribution is 5.87. The zero-order valence-corrected chi connectivity index (χ0v) is 17.2. The summed E-state index contributed by atoms with van der Waals surface area (Å²) in [6, 6.07) is 5.17. The van der Waals surface area contributed by atoms with Crippen molar-refractivity contribution in [1.29, 1.82) is 0 Å². The molecule has 1 atom stereocenters. The van der Waals surface area contributed by atoms with Gasteiger partial charge < -0.3 is 24.3 Å². The Hall–Kier alpha value is -2.80. The Labute approximate surface area is 169 Å². The van der Waals surface area contributed by atoms with Gasteiger partial charge in [-0.25, -0.2) is 4.79 Å². The minimum Gasteiger partial charge on any atom is -0.493 e. The van der Waals surface area contributed by atoms with Gasteiger partial charge in [0.2, 0.25) is 0 Å². The molecule has 0 unspecified atom stereocenters. The average Bonchev–Trinajstić information content (AvgIpc) is 2.70. The number of hydrogen-bond acceptors (Lipinski definition) is 5. The lowest BCUT2D eigenvalue weighted by Gasteiger charge is -2.31. The largest absolute Gasteiger partial charge is 0.493 e. The van der Waals surface area contributed by atoms with Crippen LogP contribution >= 0.6 is 0 Å². The van der Waals surface area contributed by atoms with Gasteiger partial charge in [0.15, 0.2) is 16.9 Å². The van der Waals surface area contributed by atoms with Gasteiger partial charge in [0, 0.05) is 29.3 Å². The van der Waals surface area contributed by atoms with Crippen molar-refractivity contribution in [3.8, 4) is 22.8 Å². The van der Waals surface area contributed by atoms with Gasteiger partial charge in [0.05, 0.1) is 26.0 Å². The number of rotatable bonds is 7. The van der Waals surface area contributed by atoms with E-state index in [1.807, 2.05) is 37.5 Å². The van der Waals surface area contributed by atoms with E-state index in [0.717, 1.165) is 17.5 Å². The lowest BCUT2D eigenvalue weighted by atomic mass is 9.90. The minimum atomic E-state index is -1.22. The third-order valence-electron chi connectivity index (χ3n) is 5.34. The van der Waals surface area contributed by atoms with E-state index < -0.39 is 11.4 Å². The van der Waals surface area contributed by atoms with Gasteiger partial charge in [-0.3, -0.25) is 4.79 Å². The van der Waals surface area contributed by atoms with Crippen molar-refractivity contribution >= 4 is 5.97 Å². The third-order valence-corrected chi connectivity index (χ3v) is 5.34. The Morgan fingerprint density at radius 1 is 1.28 bits per heavy atom. The van der Waals surface area contributed by atoms with Gasteiger partial charge in [-0.1, -0.05) is 20.8 Å². The smallest absolute Gasteiger partial charge is 0.341 e. The molecule has 0 bridgehead atoms. The Morgan fingerprint density at radius 2 is 2.00 bits per heavy atom. The maximum atomic E-state index is 12.3. The lowest BCUT2D eigenvalue weighted by molar-refractivity contribution is 0.0694. The van der Waals surface area contributed by atoms with Crippen LogP contribution in [-0.4, -0.2) is 41.1 Å². The minimum absolute atomic E-state index is 0.000365. The molecule has 2 heterocycles. The second-order valence-electron chi connectivity index (χ2n) is 8.19. The van der Waals surface area contributed by atoms with Gasteiger partial charge in [-0.2, -0.15) is 0 Å².